The molecule has 2 unspecified atom stereocenters. The molecule has 2 aromatic rings. The summed E-state index contributed by atoms with van der Waals surface area (Å²) < 4.78 is 2.06. The van der Waals surface area contributed by atoms with Crippen molar-refractivity contribution in [2.75, 3.05) is 12.4 Å². The van der Waals surface area contributed by atoms with Crippen LogP contribution in [0.4, 0.5) is 5.82 Å². The molecule has 0 aromatic carbocycles. The van der Waals surface area contributed by atoms with E-state index in [2.05, 4.69) is 30.2 Å². The van der Waals surface area contributed by atoms with Crippen LogP contribution in [-0.4, -0.2) is 38.5 Å². The van der Waals surface area contributed by atoms with Crippen LogP contribution >= 0.6 is 0 Å². The third kappa shape index (κ3) is 2.20. The number of fused-ring (bicyclic) bond motifs is 1. The van der Waals surface area contributed by atoms with Gasteiger partial charge in [-0.25, -0.2) is 15.0 Å². The molecule has 2 aromatic heterocycles. The normalized spacial score (nSPS) is 24.6. The third-order valence-electron chi connectivity index (χ3n) is 4.70. The van der Waals surface area contributed by atoms with Gasteiger partial charge in [0.15, 0.2) is 11.5 Å². The van der Waals surface area contributed by atoms with Crippen LogP contribution in [0.3, 0.4) is 0 Å². The van der Waals surface area contributed by atoms with Crippen LogP contribution in [0.5, 0.6) is 0 Å². The summed E-state index contributed by atoms with van der Waals surface area (Å²) in [7, 11) is 1.70. The highest BCUT2D eigenvalue weighted by Crippen LogP contribution is 2.38. The van der Waals surface area contributed by atoms with Gasteiger partial charge in [-0.3, -0.25) is 4.79 Å². The second kappa shape index (κ2) is 5.23. The van der Waals surface area contributed by atoms with Gasteiger partial charge in [-0.2, -0.15) is 0 Å². The molecular formula is C15H20N6O. The molecule has 0 aliphatic heterocycles. The Hall–Kier alpha value is -2.18. The Balaban J connectivity index is 1.71. The smallest absolute Gasteiger partial charge is 0.224 e. The van der Waals surface area contributed by atoms with Crippen molar-refractivity contribution in [3.8, 4) is 0 Å². The maximum absolute atomic E-state index is 12.1. The number of hydrogen-bond acceptors (Lipinski definition) is 5. The fraction of sp³-hybridized carbons (Fsp3) is 0.600. The lowest BCUT2D eigenvalue weighted by Crippen LogP contribution is -2.30. The third-order valence-corrected chi connectivity index (χ3v) is 4.70. The summed E-state index contributed by atoms with van der Waals surface area (Å²) in [6.07, 6.45) is 8.72. The molecule has 7 heteroatoms. The van der Waals surface area contributed by atoms with Gasteiger partial charge in [0, 0.05) is 19.1 Å². The standard InChI is InChI=1S/C15H20N6O/c1-16-15(22)10-3-2-4-11(10)21-8-19-12-13(20-9-5-6-9)17-7-18-14(12)21/h7-11H,2-6H2,1H3,(H,16,22)(H,17,18,20). The Kier molecular flexibility index (Phi) is 3.20. The van der Waals surface area contributed by atoms with Gasteiger partial charge in [-0.05, 0) is 25.7 Å². The second-order valence-corrected chi connectivity index (χ2v) is 6.18. The number of carbonyl (C=O) groups is 1. The number of aromatic nitrogens is 4. The summed E-state index contributed by atoms with van der Waals surface area (Å²) in [5, 5.41) is 6.18. The van der Waals surface area contributed by atoms with Crippen molar-refractivity contribution in [1.82, 2.24) is 24.8 Å². The first-order chi connectivity index (χ1) is 10.8. The molecule has 0 saturated heterocycles. The fourth-order valence-corrected chi connectivity index (χ4v) is 3.39. The molecular weight excluding hydrogens is 280 g/mol. The first-order valence-electron chi connectivity index (χ1n) is 7.93. The lowest BCUT2D eigenvalue weighted by atomic mass is 10.0. The van der Waals surface area contributed by atoms with Crippen molar-refractivity contribution >= 4 is 22.9 Å². The van der Waals surface area contributed by atoms with E-state index < -0.39 is 0 Å². The highest BCUT2D eigenvalue weighted by Gasteiger charge is 2.35. The molecule has 4 rings (SSSR count). The van der Waals surface area contributed by atoms with E-state index in [0.29, 0.717) is 6.04 Å². The molecule has 2 N–H and O–H groups in total. The van der Waals surface area contributed by atoms with E-state index in [1.807, 2.05) is 6.33 Å². The van der Waals surface area contributed by atoms with Crippen molar-refractivity contribution < 1.29 is 4.79 Å². The molecule has 116 valence electrons. The van der Waals surface area contributed by atoms with E-state index in [1.165, 1.54) is 12.8 Å². The van der Waals surface area contributed by atoms with E-state index in [0.717, 1.165) is 36.2 Å². The minimum atomic E-state index is -0.00259. The SMILES string of the molecule is CNC(=O)C1CCCC1n1cnc2c(NC3CC3)ncnc21. The minimum absolute atomic E-state index is 0.00259. The number of nitrogens with one attached hydrogen (secondary N) is 2. The summed E-state index contributed by atoms with van der Waals surface area (Å²) >= 11 is 0. The van der Waals surface area contributed by atoms with Crippen molar-refractivity contribution in [1.29, 1.82) is 0 Å². The number of nitrogens with zero attached hydrogens (tertiary/aromatic N) is 4. The lowest BCUT2D eigenvalue weighted by molar-refractivity contribution is -0.125. The molecule has 2 atom stereocenters. The van der Waals surface area contributed by atoms with Crippen LogP contribution in [0, 0.1) is 5.92 Å². The van der Waals surface area contributed by atoms with Gasteiger partial charge in [-0.1, -0.05) is 6.42 Å². The van der Waals surface area contributed by atoms with Crippen molar-refractivity contribution in [3.05, 3.63) is 12.7 Å². The zero-order chi connectivity index (χ0) is 15.1. The maximum Gasteiger partial charge on any atom is 0.224 e. The van der Waals surface area contributed by atoms with Crippen molar-refractivity contribution in [2.24, 2.45) is 5.92 Å². The quantitative estimate of drug-likeness (QED) is 0.893. The van der Waals surface area contributed by atoms with Gasteiger partial charge >= 0.3 is 0 Å². The van der Waals surface area contributed by atoms with Crippen molar-refractivity contribution in [2.45, 2.75) is 44.2 Å². The summed E-state index contributed by atoms with van der Waals surface area (Å²) in [6.45, 7) is 0. The van der Waals surface area contributed by atoms with Gasteiger partial charge in [-0.15, -0.1) is 0 Å². The van der Waals surface area contributed by atoms with E-state index >= 15 is 0 Å². The Morgan fingerprint density at radius 1 is 1.23 bits per heavy atom. The van der Waals surface area contributed by atoms with Gasteiger partial charge in [0.25, 0.3) is 0 Å². The highest BCUT2D eigenvalue weighted by atomic mass is 16.1. The summed E-state index contributed by atoms with van der Waals surface area (Å²) in [5.74, 6) is 0.910. The molecule has 7 nitrogen and oxygen atoms in total. The van der Waals surface area contributed by atoms with E-state index in [-0.39, 0.29) is 17.9 Å². The number of anilines is 1. The van der Waals surface area contributed by atoms with Crippen LogP contribution in [0.2, 0.25) is 0 Å². The van der Waals surface area contributed by atoms with E-state index in [9.17, 15) is 4.79 Å². The van der Waals surface area contributed by atoms with Gasteiger partial charge < -0.3 is 15.2 Å². The number of rotatable bonds is 4. The average molecular weight is 300 g/mol. The predicted octanol–water partition coefficient (Wildman–Crippen LogP) is 1.49. The first kappa shape index (κ1) is 13.5. The van der Waals surface area contributed by atoms with E-state index in [4.69, 9.17) is 0 Å². The summed E-state index contributed by atoms with van der Waals surface area (Å²) in [6, 6.07) is 0.655. The van der Waals surface area contributed by atoms with Crippen LogP contribution in [0.15, 0.2) is 12.7 Å². The molecule has 2 aliphatic rings. The molecule has 1 amide bonds. The van der Waals surface area contributed by atoms with Crippen LogP contribution in [0.25, 0.3) is 11.2 Å². The topological polar surface area (TPSA) is 84.7 Å². The summed E-state index contributed by atoms with van der Waals surface area (Å²) in [5.41, 5.74) is 1.62. The zero-order valence-electron chi connectivity index (χ0n) is 12.6. The number of carbonyl (C=O) groups excluding carboxylic acids is 1. The van der Waals surface area contributed by atoms with Crippen molar-refractivity contribution in [3.63, 3.8) is 0 Å². The lowest BCUT2D eigenvalue weighted by Gasteiger charge is -2.19. The minimum Gasteiger partial charge on any atom is -0.365 e. The van der Waals surface area contributed by atoms with Crippen LogP contribution in [-0.2, 0) is 4.79 Å². The van der Waals surface area contributed by atoms with Gasteiger partial charge in [0.2, 0.25) is 5.91 Å². The molecule has 0 spiro atoms. The molecule has 22 heavy (non-hydrogen) atoms. The summed E-state index contributed by atoms with van der Waals surface area (Å²) in [4.78, 5) is 25.3. The van der Waals surface area contributed by atoms with Gasteiger partial charge in [0.1, 0.15) is 11.8 Å². The Morgan fingerprint density at radius 2 is 2.09 bits per heavy atom. The van der Waals surface area contributed by atoms with E-state index in [1.54, 1.807) is 13.4 Å². The molecule has 2 heterocycles. The number of imidazole rings is 1. The fourth-order valence-electron chi connectivity index (χ4n) is 3.39. The van der Waals surface area contributed by atoms with Crippen LogP contribution in [0.1, 0.15) is 38.1 Å². The Morgan fingerprint density at radius 3 is 2.86 bits per heavy atom. The molecule has 2 fully saturated rings. The first-order valence-corrected chi connectivity index (χ1v) is 7.93. The number of hydrogen-bond donors (Lipinski definition) is 2. The molecule has 0 radical (unpaired) electrons. The molecule has 2 aliphatic carbocycles. The average Bonchev–Trinajstić information content (AvgIpc) is 3.05. The maximum atomic E-state index is 12.1. The highest BCUT2D eigenvalue weighted by molar-refractivity contribution is 5.84. The van der Waals surface area contributed by atoms with Crippen LogP contribution < -0.4 is 10.6 Å². The Labute approximate surface area is 128 Å². The molecule has 0 bridgehead atoms. The second-order valence-electron chi connectivity index (χ2n) is 6.18. The molecule has 2 saturated carbocycles. The Bertz CT molecular complexity index is 707. The van der Waals surface area contributed by atoms with Gasteiger partial charge in [0.05, 0.1) is 12.2 Å². The largest absolute Gasteiger partial charge is 0.365 e. The predicted molar refractivity (Wildman–Crippen MR) is 82.4 cm³/mol. The monoisotopic (exact) mass is 300 g/mol. The number of amides is 1. The zero-order valence-corrected chi connectivity index (χ0v) is 12.6.